The fraction of sp³-hybridized carbons (Fsp3) is 0. The lowest BCUT2D eigenvalue weighted by atomic mass is 9.87. The highest BCUT2D eigenvalue weighted by Crippen LogP contribution is 2.43. The molecule has 8 aromatic carbocycles. The van der Waals surface area contributed by atoms with Gasteiger partial charge in [0.2, 0.25) is 0 Å². The van der Waals surface area contributed by atoms with Crippen molar-refractivity contribution in [2.75, 3.05) is 0 Å². The highest BCUT2D eigenvalue weighted by molar-refractivity contribution is 6.34. The molecule has 0 fully saturated rings. The summed E-state index contributed by atoms with van der Waals surface area (Å²) in [6, 6.07) is 40.6. The van der Waals surface area contributed by atoms with Crippen LogP contribution in [0.15, 0.2) is 109 Å². The molecule has 0 heterocycles. The molecule has 0 saturated carbocycles. The summed E-state index contributed by atoms with van der Waals surface area (Å²) in [7, 11) is 0. The van der Waals surface area contributed by atoms with Gasteiger partial charge in [-0.05, 0) is 93.6 Å². The average Bonchev–Trinajstić information content (AvgIpc) is 2.85. The molecule has 32 heavy (non-hydrogen) atoms. The molecule has 0 spiro atoms. The van der Waals surface area contributed by atoms with Crippen LogP contribution >= 0.6 is 0 Å². The molecule has 0 atom stereocenters. The van der Waals surface area contributed by atoms with E-state index in [0.717, 1.165) is 0 Å². The van der Waals surface area contributed by atoms with Crippen molar-refractivity contribution >= 4 is 75.4 Å². The van der Waals surface area contributed by atoms with E-state index in [2.05, 4.69) is 109 Å². The van der Waals surface area contributed by atoms with Crippen molar-refractivity contribution in [2.24, 2.45) is 0 Å². The molecule has 0 radical (unpaired) electrons. The first-order chi connectivity index (χ1) is 15.9. The minimum absolute atomic E-state index is 1.29. The van der Waals surface area contributed by atoms with Crippen molar-refractivity contribution in [3.63, 3.8) is 0 Å². The van der Waals surface area contributed by atoms with Gasteiger partial charge in [-0.3, -0.25) is 0 Å². The zero-order chi connectivity index (χ0) is 20.8. The van der Waals surface area contributed by atoms with E-state index in [-0.39, 0.29) is 0 Å². The van der Waals surface area contributed by atoms with Gasteiger partial charge in [-0.15, -0.1) is 0 Å². The fourth-order valence-corrected chi connectivity index (χ4v) is 5.97. The lowest BCUT2D eigenvalue weighted by Crippen LogP contribution is -1.88. The minimum atomic E-state index is 1.29. The van der Waals surface area contributed by atoms with Gasteiger partial charge in [0.25, 0.3) is 0 Å². The first-order valence-electron chi connectivity index (χ1n) is 11.2. The van der Waals surface area contributed by atoms with E-state index in [1.54, 1.807) is 0 Å². The Morgan fingerprint density at radius 2 is 0.781 bits per heavy atom. The van der Waals surface area contributed by atoms with Crippen LogP contribution < -0.4 is 0 Å². The Kier molecular flexibility index (Phi) is 2.97. The molecule has 0 saturated heterocycles. The van der Waals surface area contributed by atoms with Crippen molar-refractivity contribution in [1.82, 2.24) is 0 Å². The maximum absolute atomic E-state index is 2.42. The number of rotatable bonds is 0. The average molecular weight is 402 g/mol. The van der Waals surface area contributed by atoms with E-state index in [9.17, 15) is 0 Å². The topological polar surface area (TPSA) is 0 Å². The van der Waals surface area contributed by atoms with Crippen LogP contribution in [0.4, 0.5) is 0 Å². The summed E-state index contributed by atoms with van der Waals surface area (Å²) in [4.78, 5) is 0. The van der Waals surface area contributed by atoms with Gasteiger partial charge in [0, 0.05) is 0 Å². The molecular weight excluding hydrogens is 384 g/mol. The predicted octanol–water partition coefficient (Wildman–Crippen LogP) is 9.20. The van der Waals surface area contributed by atoms with Crippen LogP contribution in [0.5, 0.6) is 0 Å². The number of hydrogen-bond donors (Lipinski definition) is 0. The van der Waals surface area contributed by atoms with Gasteiger partial charge >= 0.3 is 0 Å². The third-order valence-electron chi connectivity index (χ3n) is 7.32. The Labute approximate surface area is 184 Å². The van der Waals surface area contributed by atoms with E-state index in [0.29, 0.717) is 0 Å². The quantitative estimate of drug-likeness (QED) is 0.175. The second-order valence-electron chi connectivity index (χ2n) is 8.94. The Morgan fingerprint density at radius 1 is 0.250 bits per heavy atom. The summed E-state index contributed by atoms with van der Waals surface area (Å²) in [6.07, 6.45) is 0. The third-order valence-corrected chi connectivity index (χ3v) is 7.32. The lowest BCUT2D eigenvalue weighted by Gasteiger charge is -2.16. The molecular formula is C32H18. The van der Waals surface area contributed by atoms with Crippen LogP contribution in [0.25, 0.3) is 75.4 Å². The first kappa shape index (κ1) is 16.5. The summed E-state index contributed by atoms with van der Waals surface area (Å²) in [5.41, 5.74) is 0. The molecule has 0 aliphatic heterocycles. The Morgan fingerprint density at radius 3 is 1.62 bits per heavy atom. The molecule has 0 amide bonds. The van der Waals surface area contributed by atoms with Gasteiger partial charge in [0.1, 0.15) is 0 Å². The van der Waals surface area contributed by atoms with Crippen LogP contribution in [-0.2, 0) is 0 Å². The van der Waals surface area contributed by atoms with E-state index in [1.165, 1.54) is 75.4 Å². The van der Waals surface area contributed by atoms with Crippen molar-refractivity contribution in [3.05, 3.63) is 109 Å². The summed E-state index contributed by atoms with van der Waals surface area (Å²) in [5.74, 6) is 0. The fourth-order valence-electron chi connectivity index (χ4n) is 5.97. The summed E-state index contributed by atoms with van der Waals surface area (Å²) >= 11 is 0. The Balaban J connectivity index is 1.69. The van der Waals surface area contributed by atoms with Crippen molar-refractivity contribution in [3.8, 4) is 0 Å². The Hall–Kier alpha value is -4.16. The zero-order valence-electron chi connectivity index (χ0n) is 17.4. The molecule has 8 aromatic rings. The van der Waals surface area contributed by atoms with E-state index < -0.39 is 0 Å². The molecule has 0 unspecified atom stereocenters. The van der Waals surface area contributed by atoms with Crippen molar-refractivity contribution in [2.45, 2.75) is 0 Å². The summed E-state index contributed by atoms with van der Waals surface area (Å²) < 4.78 is 0. The van der Waals surface area contributed by atoms with E-state index in [1.807, 2.05) is 0 Å². The summed E-state index contributed by atoms with van der Waals surface area (Å²) in [6.45, 7) is 0. The highest BCUT2D eigenvalue weighted by atomic mass is 14.2. The molecule has 0 bridgehead atoms. The first-order valence-corrected chi connectivity index (χ1v) is 11.2. The van der Waals surface area contributed by atoms with Crippen LogP contribution in [0.1, 0.15) is 0 Å². The van der Waals surface area contributed by atoms with Gasteiger partial charge in [0.05, 0.1) is 0 Å². The maximum Gasteiger partial charge on any atom is -0.00259 e. The number of hydrogen-bond acceptors (Lipinski definition) is 0. The minimum Gasteiger partial charge on any atom is -0.0616 e. The molecule has 146 valence electrons. The van der Waals surface area contributed by atoms with Gasteiger partial charge in [0.15, 0.2) is 0 Å². The largest absolute Gasteiger partial charge is 0.0616 e. The SMILES string of the molecule is c1ccc2c(c1)ccc1c2cc2cc3c(cc4cccc5cccc3c54)c3cccc1c23. The molecule has 0 nitrogen and oxygen atoms in total. The summed E-state index contributed by atoms with van der Waals surface area (Å²) in [5, 5.41) is 18.7. The molecule has 8 rings (SSSR count). The van der Waals surface area contributed by atoms with E-state index in [4.69, 9.17) is 0 Å². The number of benzene rings is 8. The molecule has 0 aliphatic rings. The van der Waals surface area contributed by atoms with E-state index >= 15 is 0 Å². The van der Waals surface area contributed by atoms with Gasteiger partial charge < -0.3 is 0 Å². The van der Waals surface area contributed by atoms with Crippen molar-refractivity contribution < 1.29 is 0 Å². The standard InChI is InChI=1S/C32H18/c1-2-10-23-19(6-1)14-15-24-25-12-5-13-27-29-16-21-9-3-7-20-8-4-11-26(31(20)21)30(29)18-22(32(25)27)17-28(23)24/h1-18H. The maximum atomic E-state index is 2.42. The smallest absolute Gasteiger partial charge is 0.00259 e. The van der Waals surface area contributed by atoms with Crippen LogP contribution in [0.2, 0.25) is 0 Å². The van der Waals surface area contributed by atoms with Gasteiger partial charge in [-0.25, -0.2) is 0 Å². The van der Waals surface area contributed by atoms with Crippen LogP contribution in [-0.4, -0.2) is 0 Å². The molecule has 0 aliphatic carbocycles. The predicted molar refractivity (Wildman–Crippen MR) is 140 cm³/mol. The lowest BCUT2D eigenvalue weighted by molar-refractivity contribution is 1.79. The zero-order valence-corrected chi connectivity index (χ0v) is 17.4. The molecule has 0 heteroatoms. The highest BCUT2D eigenvalue weighted by Gasteiger charge is 2.14. The van der Waals surface area contributed by atoms with Crippen molar-refractivity contribution in [1.29, 1.82) is 0 Å². The van der Waals surface area contributed by atoms with Crippen LogP contribution in [0, 0.1) is 0 Å². The second-order valence-corrected chi connectivity index (χ2v) is 8.94. The Bertz CT molecular complexity index is 2020. The second kappa shape index (κ2) is 5.75. The monoisotopic (exact) mass is 402 g/mol. The van der Waals surface area contributed by atoms with Gasteiger partial charge in [-0.2, -0.15) is 0 Å². The van der Waals surface area contributed by atoms with Crippen LogP contribution in [0.3, 0.4) is 0 Å². The molecule has 0 aromatic heterocycles. The third kappa shape index (κ3) is 1.98. The normalized spacial score (nSPS) is 12.4. The molecule has 0 N–H and O–H groups in total. The number of fused-ring (bicyclic) bond motifs is 7. The van der Waals surface area contributed by atoms with Gasteiger partial charge in [-0.1, -0.05) is 91.0 Å².